The van der Waals surface area contributed by atoms with Crippen LogP contribution in [0.15, 0.2) is 29.3 Å². The fourth-order valence-electron chi connectivity index (χ4n) is 3.54. The van der Waals surface area contributed by atoms with Gasteiger partial charge >= 0.3 is 0 Å². The number of aliphatic imine (C=N–C) groups is 1. The van der Waals surface area contributed by atoms with E-state index in [1.54, 1.807) is 0 Å². The molecule has 1 aliphatic carbocycles. The Labute approximate surface area is 145 Å². The van der Waals surface area contributed by atoms with Crippen molar-refractivity contribution in [2.75, 3.05) is 26.3 Å². The third kappa shape index (κ3) is 5.21. The van der Waals surface area contributed by atoms with Crippen LogP contribution < -0.4 is 11.1 Å². The Morgan fingerprint density at radius 3 is 2.58 bits per heavy atom. The van der Waals surface area contributed by atoms with Gasteiger partial charge in [-0.2, -0.15) is 0 Å². The molecular weight excluding hydrogens is 300 g/mol. The largest absolute Gasteiger partial charge is 0.379 e. The molecule has 5 heteroatoms. The molecule has 132 valence electrons. The lowest BCUT2D eigenvalue weighted by Crippen LogP contribution is -2.41. The number of hydrogen-bond donors (Lipinski definition) is 2. The first-order valence-corrected chi connectivity index (χ1v) is 9.24. The van der Waals surface area contributed by atoms with Gasteiger partial charge in [-0.05, 0) is 24.0 Å². The second kappa shape index (κ2) is 9.04. The predicted molar refractivity (Wildman–Crippen MR) is 97.9 cm³/mol. The van der Waals surface area contributed by atoms with E-state index in [-0.39, 0.29) is 0 Å². The summed E-state index contributed by atoms with van der Waals surface area (Å²) in [5, 5.41) is 3.39. The number of nitrogens with one attached hydrogen (secondary N) is 1. The Bertz CT molecular complexity index is 534. The van der Waals surface area contributed by atoms with E-state index in [0.29, 0.717) is 18.5 Å². The molecule has 2 aliphatic rings. The van der Waals surface area contributed by atoms with Crippen LogP contribution in [-0.2, 0) is 17.8 Å². The summed E-state index contributed by atoms with van der Waals surface area (Å²) in [6.45, 7) is 5.28. The summed E-state index contributed by atoms with van der Waals surface area (Å²) < 4.78 is 5.43. The van der Waals surface area contributed by atoms with Crippen molar-refractivity contribution in [2.45, 2.75) is 51.2 Å². The maximum absolute atomic E-state index is 6.10. The molecule has 24 heavy (non-hydrogen) atoms. The third-order valence-electron chi connectivity index (χ3n) is 4.99. The Morgan fingerprint density at radius 2 is 1.83 bits per heavy atom. The van der Waals surface area contributed by atoms with Crippen molar-refractivity contribution in [3.05, 3.63) is 35.4 Å². The number of nitrogens with two attached hydrogens (primary N) is 1. The van der Waals surface area contributed by atoms with Crippen molar-refractivity contribution in [3.63, 3.8) is 0 Å². The fraction of sp³-hybridized carbons (Fsp3) is 0.632. The highest BCUT2D eigenvalue weighted by atomic mass is 16.5. The molecule has 0 unspecified atom stereocenters. The Kier molecular flexibility index (Phi) is 6.49. The van der Waals surface area contributed by atoms with Gasteiger partial charge < -0.3 is 15.8 Å². The Hall–Kier alpha value is -1.59. The van der Waals surface area contributed by atoms with Gasteiger partial charge in [0.15, 0.2) is 5.96 Å². The van der Waals surface area contributed by atoms with Crippen molar-refractivity contribution in [1.82, 2.24) is 10.2 Å². The summed E-state index contributed by atoms with van der Waals surface area (Å²) in [7, 11) is 0. The van der Waals surface area contributed by atoms with Crippen LogP contribution in [0.4, 0.5) is 0 Å². The molecule has 3 N–H and O–H groups in total. The monoisotopic (exact) mass is 330 g/mol. The molecule has 0 spiro atoms. The maximum Gasteiger partial charge on any atom is 0.189 e. The summed E-state index contributed by atoms with van der Waals surface area (Å²) in [4.78, 5) is 7.02. The highest BCUT2D eigenvalue weighted by Gasteiger charge is 2.14. The van der Waals surface area contributed by atoms with Crippen LogP contribution in [0.1, 0.15) is 43.2 Å². The van der Waals surface area contributed by atoms with Crippen molar-refractivity contribution in [1.29, 1.82) is 0 Å². The lowest BCUT2D eigenvalue weighted by Gasteiger charge is -2.27. The van der Waals surface area contributed by atoms with E-state index in [0.717, 1.165) is 32.8 Å². The lowest BCUT2D eigenvalue weighted by atomic mass is 9.96. The number of hydrogen-bond acceptors (Lipinski definition) is 3. The first kappa shape index (κ1) is 17.2. The van der Waals surface area contributed by atoms with Crippen molar-refractivity contribution < 1.29 is 4.74 Å². The number of ether oxygens (including phenoxy) is 1. The van der Waals surface area contributed by atoms with E-state index in [4.69, 9.17) is 10.5 Å². The molecule has 0 aromatic heterocycles. The number of guanidine groups is 1. The molecule has 1 heterocycles. The SMILES string of the molecule is NC(=NCc1ccccc1CN1CCOCC1)NC1CCCCC1. The Morgan fingerprint density at radius 1 is 1.12 bits per heavy atom. The first-order chi connectivity index (χ1) is 11.8. The van der Waals surface area contributed by atoms with Gasteiger partial charge in [-0.3, -0.25) is 4.90 Å². The highest BCUT2D eigenvalue weighted by Crippen LogP contribution is 2.17. The second-order valence-corrected chi connectivity index (χ2v) is 6.84. The van der Waals surface area contributed by atoms with Gasteiger partial charge in [0, 0.05) is 25.7 Å². The van der Waals surface area contributed by atoms with E-state index in [2.05, 4.69) is 39.5 Å². The molecule has 1 aliphatic heterocycles. The molecule has 3 rings (SSSR count). The molecule has 1 saturated heterocycles. The quantitative estimate of drug-likeness (QED) is 0.642. The minimum Gasteiger partial charge on any atom is -0.379 e. The number of rotatable bonds is 5. The van der Waals surface area contributed by atoms with Crippen LogP contribution in [0.3, 0.4) is 0 Å². The summed E-state index contributed by atoms with van der Waals surface area (Å²) in [6, 6.07) is 9.05. The molecular formula is C19H30N4O. The van der Waals surface area contributed by atoms with Gasteiger partial charge in [-0.1, -0.05) is 43.5 Å². The van der Waals surface area contributed by atoms with Crippen LogP contribution in [-0.4, -0.2) is 43.2 Å². The molecule has 1 aromatic rings. The standard InChI is InChI=1S/C19H30N4O/c20-19(22-18-8-2-1-3-9-18)21-14-16-6-4-5-7-17(16)15-23-10-12-24-13-11-23/h4-7,18H,1-3,8-15H2,(H3,20,21,22). The average molecular weight is 330 g/mol. The molecule has 0 radical (unpaired) electrons. The average Bonchev–Trinajstić information content (AvgIpc) is 2.63. The van der Waals surface area contributed by atoms with E-state index in [1.165, 1.54) is 43.2 Å². The van der Waals surface area contributed by atoms with Gasteiger partial charge in [-0.25, -0.2) is 4.99 Å². The minimum absolute atomic E-state index is 0.506. The van der Waals surface area contributed by atoms with Crippen LogP contribution in [0, 0.1) is 0 Å². The molecule has 1 aromatic carbocycles. The Balaban J connectivity index is 1.56. The number of morpholine rings is 1. The van der Waals surface area contributed by atoms with E-state index < -0.39 is 0 Å². The van der Waals surface area contributed by atoms with Crippen molar-refractivity contribution in [2.24, 2.45) is 10.7 Å². The zero-order valence-electron chi connectivity index (χ0n) is 14.5. The molecule has 1 saturated carbocycles. The van der Waals surface area contributed by atoms with E-state index >= 15 is 0 Å². The van der Waals surface area contributed by atoms with Crippen LogP contribution in [0.5, 0.6) is 0 Å². The summed E-state index contributed by atoms with van der Waals surface area (Å²) >= 11 is 0. The number of benzene rings is 1. The van der Waals surface area contributed by atoms with Crippen LogP contribution >= 0.6 is 0 Å². The summed E-state index contributed by atoms with van der Waals surface area (Å²) in [6.07, 6.45) is 6.37. The third-order valence-corrected chi connectivity index (χ3v) is 4.99. The van der Waals surface area contributed by atoms with Crippen LogP contribution in [0.25, 0.3) is 0 Å². The number of nitrogens with zero attached hydrogens (tertiary/aromatic N) is 2. The normalized spacial score (nSPS) is 20.9. The lowest BCUT2D eigenvalue weighted by molar-refractivity contribution is 0.0341. The van der Waals surface area contributed by atoms with Crippen molar-refractivity contribution in [3.8, 4) is 0 Å². The van der Waals surface area contributed by atoms with Gasteiger partial charge in [0.25, 0.3) is 0 Å². The fourth-order valence-corrected chi connectivity index (χ4v) is 3.54. The van der Waals surface area contributed by atoms with Crippen LogP contribution in [0.2, 0.25) is 0 Å². The molecule has 2 fully saturated rings. The zero-order chi connectivity index (χ0) is 16.6. The molecule has 0 bridgehead atoms. The topological polar surface area (TPSA) is 62.9 Å². The van der Waals surface area contributed by atoms with Gasteiger partial charge in [0.05, 0.1) is 19.8 Å². The van der Waals surface area contributed by atoms with Crippen molar-refractivity contribution >= 4 is 5.96 Å². The zero-order valence-corrected chi connectivity index (χ0v) is 14.5. The maximum atomic E-state index is 6.10. The van der Waals surface area contributed by atoms with Gasteiger partial charge in [-0.15, -0.1) is 0 Å². The smallest absolute Gasteiger partial charge is 0.189 e. The second-order valence-electron chi connectivity index (χ2n) is 6.84. The summed E-state index contributed by atoms with van der Waals surface area (Å²) in [5.74, 6) is 0.586. The minimum atomic E-state index is 0.506. The molecule has 5 nitrogen and oxygen atoms in total. The predicted octanol–water partition coefficient (Wildman–Crippen LogP) is 2.26. The summed E-state index contributed by atoms with van der Waals surface area (Å²) in [5.41, 5.74) is 8.70. The van der Waals surface area contributed by atoms with E-state index in [9.17, 15) is 0 Å². The first-order valence-electron chi connectivity index (χ1n) is 9.24. The molecule has 0 atom stereocenters. The van der Waals surface area contributed by atoms with Gasteiger partial charge in [0.1, 0.15) is 0 Å². The molecule has 0 amide bonds. The van der Waals surface area contributed by atoms with E-state index in [1.807, 2.05) is 0 Å². The van der Waals surface area contributed by atoms with Gasteiger partial charge in [0.2, 0.25) is 0 Å². The highest BCUT2D eigenvalue weighted by molar-refractivity contribution is 5.78.